The summed E-state index contributed by atoms with van der Waals surface area (Å²) in [7, 11) is 0. The van der Waals surface area contributed by atoms with Gasteiger partial charge in [-0.05, 0) is 31.0 Å². The van der Waals surface area contributed by atoms with E-state index >= 15 is 0 Å². The number of carbonyl (C=O) groups excluding carboxylic acids is 2. The average Bonchev–Trinajstić information content (AvgIpc) is 2.88. The number of nitrogens with one attached hydrogen (secondary N) is 2. The second-order valence-corrected chi connectivity index (χ2v) is 5.07. The lowest BCUT2D eigenvalue weighted by Gasteiger charge is -2.12. The third kappa shape index (κ3) is 4.07. The number of amides is 2. The molecule has 0 aromatic heterocycles. The summed E-state index contributed by atoms with van der Waals surface area (Å²) in [6.07, 6.45) is 1.28. The van der Waals surface area contributed by atoms with Crippen LogP contribution in [-0.2, 0) is 4.79 Å². The fraction of sp³-hybridized carbons (Fsp3) is 0.375. The van der Waals surface area contributed by atoms with E-state index in [0.29, 0.717) is 24.1 Å². The van der Waals surface area contributed by atoms with Gasteiger partial charge in [-0.25, -0.2) is 0 Å². The monoisotopic (exact) mass is 285 g/mol. The van der Waals surface area contributed by atoms with Crippen molar-refractivity contribution >= 4 is 11.8 Å². The Morgan fingerprint density at radius 3 is 3.00 bits per heavy atom. The molecule has 1 atom stereocenters. The van der Waals surface area contributed by atoms with Crippen molar-refractivity contribution in [2.24, 2.45) is 5.73 Å². The van der Waals surface area contributed by atoms with Crippen molar-refractivity contribution in [2.45, 2.75) is 25.8 Å². The van der Waals surface area contributed by atoms with Crippen LogP contribution in [0.1, 0.15) is 34.3 Å². The molecule has 2 rings (SSSR count). The Bertz CT molecular complexity index is 614. The zero-order chi connectivity index (χ0) is 15.2. The summed E-state index contributed by atoms with van der Waals surface area (Å²) >= 11 is 0. The van der Waals surface area contributed by atoms with Crippen LogP contribution >= 0.6 is 0 Å². The zero-order valence-corrected chi connectivity index (χ0v) is 12.0. The summed E-state index contributed by atoms with van der Waals surface area (Å²) in [5.41, 5.74) is 7.63. The molecule has 4 N–H and O–H groups in total. The van der Waals surface area contributed by atoms with Gasteiger partial charge in [0.05, 0.1) is 12.1 Å². The quantitative estimate of drug-likeness (QED) is 0.699. The Morgan fingerprint density at radius 2 is 2.33 bits per heavy atom. The van der Waals surface area contributed by atoms with Gasteiger partial charge in [-0.3, -0.25) is 9.59 Å². The van der Waals surface area contributed by atoms with Gasteiger partial charge in [-0.1, -0.05) is 17.9 Å². The highest BCUT2D eigenvalue weighted by Crippen LogP contribution is 2.11. The van der Waals surface area contributed by atoms with E-state index in [-0.39, 0.29) is 24.4 Å². The van der Waals surface area contributed by atoms with Gasteiger partial charge in [0.15, 0.2) is 0 Å². The maximum Gasteiger partial charge on any atom is 0.252 e. The third-order valence-corrected chi connectivity index (χ3v) is 3.34. The molecule has 2 amide bonds. The van der Waals surface area contributed by atoms with E-state index in [4.69, 9.17) is 5.73 Å². The fourth-order valence-electron chi connectivity index (χ4n) is 2.25. The number of aryl methyl sites for hydroxylation is 1. The lowest BCUT2D eigenvalue weighted by Crippen LogP contribution is -2.38. The minimum atomic E-state index is -0.183. The second-order valence-electron chi connectivity index (χ2n) is 5.07. The summed E-state index contributed by atoms with van der Waals surface area (Å²) in [6.45, 7) is 2.63. The highest BCUT2D eigenvalue weighted by atomic mass is 16.2. The van der Waals surface area contributed by atoms with Crippen LogP contribution in [0.2, 0.25) is 0 Å². The standard InChI is InChI=1S/C16H19N3O2/c1-11-4-6-14(12(9-11)3-2-8-17)16(21)18-10-13-5-7-15(20)19-13/h4,6,9,13H,5,7-8,10,17H2,1H3,(H,18,21)(H,19,20). The van der Waals surface area contributed by atoms with Crippen LogP contribution in [0.3, 0.4) is 0 Å². The normalized spacial score (nSPS) is 16.9. The molecule has 5 nitrogen and oxygen atoms in total. The summed E-state index contributed by atoms with van der Waals surface area (Å²) < 4.78 is 0. The van der Waals surface area contributed by atoms with Crippen LogP contribution < -0.4 is 16.4 Å². The molecule has 0 aliphatic carbocycles. The van der Waals surface area contributed by atoms with Gasteiger partial charge < -0.3 is 16.4 Å². The fourth-order valence-corrected chi connectivity index (χ4v) is 2.25. The van der Waals surface area contributed by atoms with Crippen LogP contribution in [0.5, 0.6) is 0 Å². The van der Waals surface area contributed by atoms with Gasteiger partial charge in [0.25, 0.3) is 5.91 Å². The molecule has 1 saturated heterocycles. The van der Waals surface area contributed by atoms with Crippen molar-refractivity contribution in [3.8, 4) is 11.8 Å². The highest BCUT2D eigenvalue weighted by molar-refractivity contribution is 5.97. The van der Waals surface area contributed by atoms with Crippen molar-refractivity contribution in [3.63, 3.8) is 0 Å². The Labute approximate surface area is 124 Å². The first-order valence-electron chi connectivity index (χ1n) is 6.97. The minimum Gasteiger partial charge on any atom is -0.352 e. The number of carbonyl (C=O) groups is 2. The van der Waals surface area contributed by atoms with E-state index in [1.165, 1.54) is 0 Å². The number of benzene rings is 1. The number of nitrogens with two attached hydrogens (primary N) is 1. The Balaban J connectivity index is 2.06. The first kappa shape index (κ1) is 15.1. The van der Waals surface area contributed by atoms with Crippen molar-refractivity contribution in [1.29, 1.82) is 0 Å². The number of hydrogen-bond donors (Lipinski definition) is 3. The van der Waals surface area contributed by atoms with Crippen LogP contribution in [0, 0.1) is 18.8 Å². The smallest absolute Gasteiger partial charge is 0.252 e. The summed E-state index contributed by atoms with van der Waals surface area (Å²) in [5, 5.41) is 5.67. The topological polar surface area (TPSA) is 84.2 Å². The van der Waals surface area contributed by atoms with E-state index in [2.05, 4.69) is 22.5 Å². The van der Waals surface area contributed by atoms with Crippen molar-refractivity contribution in [2.75, 3.05) is 13.1 Å². The molecule has 5 heteroatoms. The molecule has 0 radical (unpaired) electrons. The molecule has 1 aromatic carbocycles. The van der Waals surface area contributed by atoms with Crippen LogP contribution in [0.4, 0.5) is 0 Å². The van der Waals surface area contributed by atoms with Gasteiger partial charge in [0.2, 0.25) is 5.91 Å². The SMILES string of the molecule is Cc1ccc(C(=O)NCC2CCC(=O)N2)c(C#CCN)c1. The molecule has 0 saturated carbocycles. The number of rotatable bonds is 3. The Kier molecular flexibility index (Phi) is 4.96. The predicted octanol–water partition coefficient (Wildman–Crippen LogP) is 0.314. The van der Waals surface area contributed by atoms with E-state index in [1.807, 2.05) is 19.1 Å². The summed E-state index contributed by atoms with van der Waals surface area (Å²) in [4.78, 5) is 23.4. The summed E-state index contributed by atoms with van der Waals surface area (Å²) in [5.74, 6) is 5.55. The van der Waals surface area contributed by atoms with E-state index in [0.717, 1.165) is 12.0 Å². The van der Waals surface area contributed by atoms with Gasteiger partial charge in [-0.2, -0.15) is 0 Å². The van der Waals surface area contributed by atoms with Gasteiger partial charge in [0.1, 0.15) is 0 Å². The first-order valence-corrected chi connectivity index (χ1v) is 6.97. The molecule has 1 fully saturated rings. The third-order valence-electron chi connectivity index (χ3n) is 3.34. The maximum absolute atomic E-state index is 12.3. The molecule has 0 bridgehead atoms. The lowest BCUT2D eigenvalue weighted by molar-refractivity contribution is -0.119. The zero-order valence-electron chi connectivity index (χ0n) is 12.0. The number of hydrogen-bond acceptors (Lipinski definition) is 3. The van der Waals surface area contributed by atoms with Crippen LogP contribution in [0.15, 0.2) is 18.2 Å². The second kappa shape index (κ2) is 6.91. The molecule has 1 unspecified atom stereocenters. The van der Waals surface area contributed by atoms with Crippen LogP contribution in [-0.4, -0.2) is 30.9 Å². The maximum atomic E-state index is 12.3. The molecule has 1 heterocycles. The lowest BCUT2D eigenvalue weighted by atomic mass is 10.0. The molecule has 21 heavy (non-hydrogen) atoms. The molecule has 1 aromatic rings. The van der Waals surface area contributed by atoms with Crippen LogP contribution in [0.25, 0.3) is 0 Å². The largest absolute Gasteiger partial charge is 0.352 e. The highest BCUT2D eigenvalue weighted by Gasteiger charge is 2.21. The van der Waals surface area contributed by atoms with Gasteiger partial charge in [-0.15, -0.1) is 0 Å². The molecule has 1 aliphatic rings. The molecule has 110 valence electrons. The van der Waals surface area contributed by atoms with E-state index in [1.54, 1.807) is 6.07 Å². The molecule has 0 spiro atoms. The van der Waals surface area contributed by atoms with E-state index in [9.17, 15) is 9.59 Å². The van der Waals surface area contributed by atoms with Gasteiger partial charge >= 0.3 is 0 Å². The summed E-state index contributed by atoms with van der Waals surface area (Å²) in [6, 6.07) is 5.53. The molecular formula is C16H19N3O2. The Hall–Kier alpha value is -2.32. The average molecular weight is 285 g/mol. The molecule has 1 aliphatic heterocycles. The van der Waals surface area contributed by atoms with Gasteiger partial charge in [0, 0.05) is 24.6 Å². The molecular weight excluding hydrogens is 266 g/mol. The van der Waals surface area contributed by atoms with Crippen molar-refractivity contribution < 1.29 is 9.59 Å². The Morgan fingerprint density at radius 1 is 1.52 bits per heavy atom. The first-order chi connectivity index (χ1) is 10.1. The van der Waals surface area contributed by atoms with E-state index < -0.39 is 0 Å². The van der Waals surface area contributed by atoms with Crippen molar-refractivity contribution in [1.82, 2.24) is 10.6 Å². The van der Waals surface area contributed by atoms with Crippen molar-refractivity contribution in [3.05, 3.63) is 34.9 Å². The predicted molar refractivity (Wildman–Crippen MR) is 80.6 cm³/mol. The minimum absolute atomic E-state index is 0.0190.